The average Bonchev–Trinajstić information content (AvgIpc) is 3.34. The van der Waals surface area contributed by atoms with Crippen molar-refractivity contribution in [2.45, 2.75) is 47.5 Å². The molecule has 3 rings (SSSR count). The molecule has 0 aliphatic carbocycles. The second-order valence-electron chi connectivity index (χ2n) is 7.92. The third kappa shape index (κ3) is 5.57. The lowest BCUT2D eigenvalue weighted by Gasteiger charge is -2.10. The van der Waals surface area contributed by atoms with Crippen LogP contribution < -0.4 is 15.8 Å². The second kappa shape index (κ2) is 10.3. The van der Waals surface area contributed by atoms with Crippen molar-refractivity contribution in [2.75, 3.05) is 5.32 Å². The van der Waals surface area contributed by atoms with Gasteiger partial charge in [0, 0.05) is 11.2 Å². The Hall–Kier alpha value is -3.37. The molecule has 2 heterocycles. The predicted molar refractivity (Wildman–Crippen MR) is 130 cm³/mol. The highest BCUT2D eigenvalue weighted by Crippen LogP contribution is 2.34. The van der Waals surface area contributed by atoms with E-state index in [0.29, 0.717) is 16.3 Å². The van der Waals surface area contributed by atoms with Crippen LogP contribution in [0.2, 0.25) is 5.02 Å². The van der Waals surface area contributed by atoms with Crippen LogP contribution in [-0.4, -0.2) is 33.7 Å². The number of nitrogens with two attached hydrogens (primary N) is 1. The van der Waals surface area contributed by atoms with Crippen molar-refractivity contribution in [1.82, 2.24) is 9.78 Å². The molecule has 3 N–H and O–H groups in total. The predicted octanol–water partition coefficient (Wildman–Crippen LogP) is 4.48. The van der Waals surface area contributed by atoms with Gasteiger partial charge in [-0.15, -0.1) is 11.3 Å². The van der Waals surface area contributed by atoms with Crippen molar-refractivity contribution in [3.05, 3.63) is 62.2 Å². The third-order valence-corrected chi connectivity index (χ3v) is 6.61. The minimum absolute atomic E-state index is 0.0731. The Morgan fingerprint density at radius 2 is 1.85 bits per heavy atom. The van der Waals surface area contributed by atoms with Crippen LogP contribution in [0, 0.1) is 20.8 Å². The SMILES string of the molecule is Cc1cc(OCn2ccc(C(=O)Nc3sc(C(N)=O)c(C)c3C(=O)OC(C)C)n2)cc(C)c1Cl. The molecule has 3 aromatic rings. The van der Waals surface area contributed by atoms with Gasteiger partial charge < -0.3 is 20.5 Å². The molecule has 0 aliphatic rings. The van der Waals surface area contributed by atoms with Crippen molar-refractivity contribution < 1.29 is 23.9 Å². The largest absolute Gasteiger partial charge is 0.471 e. The number of hydrogen-bond acceptors (Lipinski definition) is 7. The number of nitrogens with one attached hydrogen (secondary N) is 1. The number of amides is 2. The van der Waals surface area contributed by atoms with Crippen molar-refractivity contribution in [2.24, 2.45) is 5.73 Å². The van der Waals surface area contributed by atoms with Gasteiger partial charge in [0.2, 0.25) is 0 Å². The molecule has 2 amide bonds. The van der Waals surface area contributed by atoms with E-state index in [0.717, 1.165) is 22.5 Å². The summed E-state index contributed by atoms with van der Waals surface area (Å²) < 4.78 is 12.5. The molecule has 0 atom stereocenters. The molecule has 11 heteroatoms. The number of primary amides is 1. The zero-order valence-electron chi connectivity index (χ0n) is 19.4. The standard InChI is InChI=1S/C23H25ClN4O5S/c1-11(2)33-23(31)17-14(5)19(20(25)29)34-22(17)26-21(30)16-6-7-28(27-16)10-32-15-8-12(3)18(24)13(4)9-15/h6-9,11H,10H2,1-5H3,(H2,25,29)(H,26,30). The summed E-state index contributed by atoms with van der Waals surface area (Å²) in [7, 11) is 0. The number of nitrogens with zero attached hydrogens (tertiary/aromatic N) is 2. The van der Waals surface area contributed by atoms with Gasteiger partial charge in [0.05, 0.1) is 16.5 Å². The summed E-state index contributed by atoms with van der Waals surface area (Å²) in [5, 5.41) is 7.72. The van der Waals surface area contributed by atoms with Crippen LogP contribution in [-0.2, 0) is 11.5 Å². The number of ether oxygens (including phenoxy) is 2. The molecule has 0 spiro atoms. The van der Waals surface area contributed by atoms with Crippen molar-refractivity contribution in [3.8, 4) is 5.75 Å². The zero-order chi connectivity index (χ0) is 25.2. The molecule has 0 radical (unpaired) electrons. The molecule has 0 aliphatic heterocycles. The van der Waals surface area contributed by atoms with Gasteiger partial charge in [-0.25, -0.2) is 9.48 Å². The first-order valence-electron chi connectivity index (χ1n) is 10.4. The fourth-order valence-corrected chi connectivity index (χ4v) is 4.36. The summed E-state index contributed by atoms with van der Waals surface area (Å²) in [6.07, 6.45) is 1.21. The molecule has 0 unspecified atom stereocenters. The van der Waals surface area contributed by atoms with E-state index in [1.165, 1.54) is 10.7 Å². The number of rotatable bonds is 8. The molecule has 0 saturated carbocycles. The van der Waals surface area contributed by atoms with Crippen LogP contribution in [0.5, 0.6) is 5.75 Å². The highest BCUT2D eigenvalue weighted by Gasteiger charge is 2.27. The van der Waals surface area contributed by atoms with Crippen LogP contribution in [0.15, 0.2) is 24.4 Å². The summed E-state index contributed by atoms with van der Waals surface area (Å²) >= 11 is 7.10. The van der Waals surface area contributed by atoms with E-state index in [2.05, 4.69) is 10.4 Å². The average molecular weight is 505 g/mol. The first-order valence-corrected chi connectivity index (χ1v) is 11.6. The van der Waals surface area contributed by atoms with Gasteiger partial charge in [0.25, 0.3) is 11.8 Å². The first kappa shape index (κ1) is 25.3. The molecule has 2 aromatic heterocycles. The van der Waals surface area contributed by atoms with Crippen LogP contribution in [0.25, 0.3) is 0 Å². The summed E-state index contributed by atoms with van der Waals surface area (Å²) in [4.78, 5) is 37.3. The van der Waals surface area contributed by atoms with Gasteiger partial charge in [-0.1, -0.05) is 11.6 Å². The topological polar surface area (TPSA) is 126 Å². The lowest BCUT2D eigenvalue weighted by molar-refractivity contribution is 0.0379. The number of hydrogen-bond donors (Lipinski definition) is 2. The number of thiophene rings is 1. The molecule has 9 nitrogen and oxygen atoms in total. The maximum atomic E-state index is 12.8. The van der Waals surface area contributed by atoms with Gasteiger partial charge in [-0.3, -0.25) is 9.59 Å². The normalized spacial score (nSPS) is 10.9. The number of carbonyl (C=O) groups excluding carboxylic acids is 3. The lowest BCUT2D eigenvalue weighted by Crippen LogP contribution is -2.18. The molecule has 0 saturated heterocycles. The van der Waals surface area contributed by atoms with Gasteiger partial charge in [-0.05, 0) is 69.5 Å². The van der Waals surface area contributed by atoms with E-state index in [1.807, 2.05) is 26.0 Å². The van der Waals surface area contributed by atoms with Crippen LogP contribution in [0.4, 0.5) is 5.00 Å². The van der Waals surface area contributed by atoms with Crippen LogP contribution in [0.1, 0.15) is 61.1 Å². The number of benzene rings is 1. The monoisotopic (exact) mass is 504 g/mol. The maximum Gasteiger partial charge on any atom is 0.341 e. The van der Waals surface area contributed by atoms with Gasteiger partial charge in [0.15, 0.2) is 12.4 Å². The van der Waals surface area contributed by atoms with Gasteiger partial charge >= 0.3 is 5.97 Å². The molecule has 0 bridgehead atoms. The first-order chi connectivity index (χ1) is 16.0. The summed E-state index contributed by atoms with van der Waals surface area (Å²) in [5.74, 6) is -1.29. The number of anilines is 1. The number of aromatic nitrogens is 2. The van der Waals surface area contributed by atoms with E-state index in [1.54, 1.807) is 27.0 Å². The van der Waals surface area contributed by atoms with E-state index >= 15 is 0 Å². The molecule has 34 heavy (non-hydrogen) atoms. The summed E-state index contributed by atoms with van der Waals surface area (Å²) in [5.41, 5.74) is 7.76. The van der Waals surface area contributed by atoms with Crippen LogP contribution in [0.3, 0.4) is 0 Å². The summed E-state index contributed by atoms with van der Waals surface area (Å²) in [6, 6.07) is 5.15. The van der Waals surface area contributed by atoms with E-state index in [9.17, 15) is 14.4 Å². The van der Waals surface area contributed by atoms with Crippen molar-refractivity contribution >= 4 is 45.7 Å². The minimum atomic E-state index is -0.698. The summed E-state index contributed by atoms with van der Waals surface area (Å²) in [6.45, 7) is 8.83. The highest BCUT2D eigenvalue weighted by atomic mass is 35.5. The molecular formula is C23H25ClN4O5S. The Morgan fingerprint density at radius 3 is 2.44 bits per heavy atom. The Balaban J connectivity index is 1.76. The Bertz CT molecular complexity index is 1240. The fourth-order valence-electron chi connectivity index (χ4n) is 3.21. The number of halogens is 1. The molecule has 180 valence electrons. The second-order valence-corrected chi connectivity index (χ2v) is 9.32. The van der Waals surface area contributed by atoms with Crippen molar-refractivity contribution in [1.29, 1.82) is 0 Å². The maximum absolute atomic E-state index is 12.8. The smallest absolute Gasteiger partial charge is 0.341 e. The third-order valence-electron chi connectivity index (χ3n) is 4.79. The minimum Gasteiger partial charge on any atom is -0.471 e. The van der Waals surface area contributed by atoms with Crippen LogP contribution >= 0.6 is 22.9 Å². The highest BCUT2D eigenvalue weighted by molar-refractivity contribution is 7.18. The Morgan fingerprint density at radius 1 is 1.21 bits per heavy atom. The molecule has 1 aromatic carbocycles. The number of aryl methyl sites for hydroxylation is 2. The molecular weight excluding hydrogens is 480 g/mol. The van der Waals surface area contributed by atoms with Crippen molar-refractivity contribution in [3.63, 3.8) is 0 Å². The number of carbonyl (C=O) groups is 3. The zero-order valence-corrected chi connectivity index (χ0v) is 21.0. The van der Waals surface area contributed by atoms with Gasteiger partial charge in [0.1, 0.15) is 10.8 Å². The Labute approximate surface area is 205 Å². The Kier molecular flexibility index (Phi) is 7.63. The van der Waals surface area contributed by atoms with E-state index in [4.69, 9.17) is 26.8 Å². The lowest BCUT2D eigenvalue weighted by atomic mass is 10.1. The fraction of sp³-hybridized carbons (Fsp3) is 0.304. The molecule has 0 fully saturated rings. The van der Waals surface area contributed by atoms with E-state index < -0.39 is 17.8 Å². The van der Waals surface area contributed by atoms with E-state index in [-0.39, 0.29) is 34.0 Å². The van der Waals surface area contributed by atoms with Gasteiger partial charge in [-0.2, -0.15) is 5.10 Å². The number of esters is 1. The quantitative estimate of drug-likeness (QED) is 0.436.